The highest BCUT2D eigenvalue weighted by atomic mass is 19.4. The Balaban J connectivity index is 1.24. The number of hydrogen-bond acceptors (Lipinski definition) is 3. The van der Waals surface area contributed by atoms with E-state index in [-0.39, 0.29) is 42.4 Å². The molecule has 0 aromatic heterocycles. The largest absolute Gasteiger partial charge is 0.416 e. The number of halogens is 6. The van der Waals surface area contributed by atoms with Crippen molar-refractivity contribution in [3.63, 3.8) is 0 Å². The van der Waals surface area contributed by atoms with E-state index in [9.17, 15) is 40.7 Å². The number of hydrogen-bond donors (Lipinski definition) is 1. The Morgan fingerprint density at radius 2 is 1.36 bits per heavy atom. The average molecular weight is 701 g/mol. The Kier molecular flexibility index (Phi) is 8.93. The molecule has 3 aliphatic heterocycles. The third kappa shape index (κ3) is 6.42. The topological polar surface area (TPSA) is 73.0 Å². The molecule has 2 fully saturated rings. The summed E-state index contributed by atoms with van der Waals surface area (Å²) in [5.41, 5.74) is -3.01. The Morgan fingerprint density at radius 3 is 1.96 bits per heavy atom. The third-order valence-electron chi connectivity index (χ3n) is 10.8. The molecule has 4 amide bonds. The van der Waals surface area contributed by atoms with E-state index in [2.05, 4.69) is 5.32 Å². The summed E-state index contributed by atoms with van der Waals surface area (Å²) in [6.07, 6.45) is -8.85. The fraction of sp³-hybridized carbons (Fsp3) is 0.432. The smallest absolute Gasteiger partial charge is 0.351 e. The van der Waals surface area contributed by atoms with Crippen LogP contribution in [0.4, 0.5) is 31.1 Å². The fourth-order valence-electron chi connectivity index (χ4n) is 7.75. The Bertz CT molecular complexity index is 1750. The van der Waals surface area contributed by atoms with Crippen molar-refractivity contribution in [1.82, 2.24) is 20.0 Å². The molecule has 3 aromatic rings. The van der Waals surface area contributed by atoms with Crippen molar-refractivity contribution in [2.75, 3.05) is 39.8 Å². The van der Waals surface area contributed by atoms with Crippen molar-refractivity contribution in [3.8, 4) is 0 Å². The normalized spacial score (nSPS) is 20.8. The first-order chi connectivity index (χ1) is 23.4. The van der Waals surface area contributed by atoms with Crippen molar-refractivity contribution in [1.29, 1.82) is 0 Å². The van der Waals surface area contributed by atoms with Crippen LogP contribution in [-0.4, -0.2) is 78.4 Å². The summed E-state index contributed by atoms with van der Waals surface area (Å²) in [5.74, 6) is -1.16. The van der Waals surface area contributed by atoms with Gasteiger partial charge in [0.2, 0.25) is 5.91 Å². The molecule has 1 N–H and O–H groups in total. The molecule has 0 bridgehead atoms. The van der Waals surface area contributed by atoms with Crippen LogP contribution < -0.4 is 5.32 Å². The van der Waals surface area contributed by atoms with Crippen LogP contribution in [0, 0.1) is 0 Å². The number of nitrogens with zero attached hydrogens (tertiary/aromatic N) is 3. The lowest BCUT2D eigenvalue weighted by atomic mass is 9.69. The van der Waals surface area contributed by atoms with E-state index in [1.54, 1.807) is 15.9 Å². The standard InChI is InChI=1S/C37H38F6N4O3/c1-34(2,24-17-25(36(38,39)40)19-26(18-24)37(41,42)43)32(49)45(3)30-21-47(20-28(30)23-9-5-4-6-10-23)33(50)46-15-13-35(14-16-46)22-44-31(48)27-11-7-8-12-29(27)35/h4-12,17-19,28,30H,13-16,20-22H2,1-3H3,(H,44,48)/t28-,30+/m0/s1. The highest BCUT2D eigenvalue weighted by molar-refractivity contribution is 5.97. The van der Waals surface area contributed by atoms with E-state index >= 15 is 0 Å². The predicted molar refractivity (Wildman–Crippen MR) is 173 cm³/mol. The van der Waals surface area contributed by atoms with Crippen LogP contribution in [0.5, 0.6) is 0 Å². The Morgan fingerprint density at radius 1 is 0.800 bits per heavy atom. The lowest BCUT2D eigenvalue weighted by Gasteiger charge is -2.45. The summed E-state index contributed by atoms with van der Waals surface area (Å²) in [5, 5.41) is 2.99. The number of likely N-dealkylation sites (N-methyl/N-ethyl adjacent to an activating group) is 1. The van der Waals surface area contributed by atoms with Crippen LogP contribution in [-0.2, 0) is 28.0 Å². The van der Waals surface area contributed by atoms with E-state index in [0.29, 0.717) is 50.2 Å². The fourth-order valence-corrected chi connectivity index (χ4v) is 7.75. The number of nitrogens with one attached hydrogen (secondary N) is 1. The summed E-state index contributed by atoms with van der Waals surface area (Å²) < 4.78 is 82.2. The molecule has 0 aliphatic carbocycles. The Labute approximate surface area is 286 Å². The Hall–Kier alpha value is -4.55. The van der Waals surface area contributed by atoms with Gasteiger partial charge in [-0.15, -0.1) is 0 Å². The minimum atomic E-state index is -5.06. The molecule has 0 saturated carbocycles. The molecule has 1 spiro atoms. The van der Waals surface area contributed by atoms with E-state index in [4.69, 9.17) is 0 Å². The summed E-state index contributed by atoms with van der Waals surface area (Å²) in [4.78, 5) is 45.5. The number of carbonyl (C=O) groups is 3. The number of rotatable bonds is 4. The van der Waals surface area contributed by atoms with E-state index in [1.165, 1.54) is 25.8 Å². The molecule has 3 heterocycles. The first-order valence-electron chi connectivity index (χ1n) is 16.5. The second-order valence-electron chi connectivity index (χ2n) is 14.1. The van der Waals surface area contributed by atoms with Gasteiger partial charge in [0.15, 0.2) is 0 Å². The summed E-state index contributed by atoms with van der Waals surface area (Å²) in [6, 6.07) is 17.1. The zero-order valence-electron chi connectivity index (χ0n) is 27.9. The van der Waals surface area contributed by atoms with Gasteiger partial charge in [-0.2, -0.15) is 26.3 Å². The van der Waals surface area contributed by atoms with Crippen molar-refractivity contribution < 1.29 is 40.7 Å². The van der Waals surface area contributed by atoms with Crippen LogP contribution in [0.2, 0.25) is 0 Å². The molecule has 0 radical (unpaired) electrons. The predicted octanol–water partition coefficient (Wildman–Crippen LogP) is 6.83. The van der Waals surface area contributed by atoms with Crippen LogP contribution in [0.15, 0.2) is 72.8 Å². The second-order valence-corrected chi connectivity index (χ2v) is 14.1. The lowest BCUT2D eigenvalue weighted by Crippen LogP contribution is -2.55. The number of fused-ring (bicyclic) bond motifs is 2. The van der Waals surface area contributed by atoms with Gasteiger partial charge in [0.05, 0.1) is 22.6 Å². The van der Waals surface area contributed by atoms with Gasteiger partial charge >= 0.3 is 18.4 Å². The first kappa shape index (κ1) is 35.3. The maximum atomic E-state index is 14.1. The van der Waals surface area contributed by atoms with Crippen LogP contribution in [0.1, 0.15) is 70.8 Å². The molecule has 2 saturated heterocycles. The number of carbonyl (C=O) groups excluding carboxylic acids is 3. The molecular formula is C37H38F6N4O3. The highest BCUT2D eigenvalue weighted by Gasteiger charge is 2.48. The summed E-state index contributed by atoms with van der Waals surface area (Å²) >= 11 is 0. The lowest BCUT2D eigenvalue weighted by molar-refractivity contribution is -0.144. The van der Waals surface area contributed by atoms with Gasteiger partial charge in [-0.25, -0.2) is 4.79 Å². The molecule has 13 heteroatoms. The van der Waals surface area contributed by atoms with Gasteiger partial charge in [-0.05, 0) is 67.6 Å². The third-order valence-corrected chi connectivity index (χ3v) is 10.8. The van der Waals surface area contributed by atoms with Crippen LogP contribution in [0.3, 0.4) is 0 Å². The number of likely N-dealkylation sites (tertiary alicyclic amines) is 2. The van der Waals surface area contributed by atoms with Crippen molar-refractivity contribution in [2.45, 2.75) is 61.8 Å². The molecule has 6 rings (SSSR count). The zero-order chi connectivity index (χ0) is 36.2. The van der Waals surface area contributed by atoms with Gasteiger partial charge < -0.3 is 20.0 Å². The van der Waals surface area contributed by atoms with Crippen molar-refractivity contribution in [3.05, 3.63) is 106 Å². The van der Waals surface area contributed by atoms with Gasteiger partial charge in [0.25, 0.3) is 5.91 Å². The zero-order valence-corrected chi connectivity index (χ0v) is 27.9. The molecule has 50 heavy (non-hydrogen) atoms. The van der Waals surface area contributed by atoms with Crippen molar-refractivity contribution in [2.24, 2.45) is 0 Å². The summed E-state index contributed by atoms with van der Waals surface area (Å²) in [6.45, 7) is 4.37. The minimum Gasteiger partial charge on any atom is -0.351 e. The SMILES string of the molecule is CN(C(=O)C(C)(C)c1cc(C(F)(F)F)cc(C(F)(F)F)c1)[C@@H]1CN(C(=O)N2CCC3(CC2)CNC(=O)c2ccccc23)C[C@H]1c1ccccc1. The first-order valence-corrected chi connectivity index (χ1v) is 16.5. The molecule has 7 nitrogen and oxygen atoms in total. The number of piperidine rings is 1. The van der Waals surface area contributed by atoms with Gasteiger partial charge in [0, 0.05) is 56.7 Å². The van der Waals surface area contributed by atoms with Gasteiger partial charge in [0.1, 0.15) is 0 Å². The maximum Gasteiger partial charge on any atom is 0.416 e. The number of urea groups is 1. The van der Waals surface area contributed by atoms with Crippen LogP contribution >= 0.6 is 0 Å². The highest BCUT2D eigenvalue weighted by Crippen LogP contribution is 2.42. The minimum absolute atomic E-state index is 0.0468. The van der Waals surface area contributed by atoms with Gasteiger partial charge in [-0.1, -0.05) is 48.5 Å². The molecule has 3 aromatic carbocycles. The van der Waals surface area contributed by atoms with Crippen LogP contribution in [0.25, 0.3) is 0 Å². The molecular weight excluding hydrogens is 662 g/mol. The summed E-state index contributed by atoms with van der Waals surface area (Å²) in [7, 11) is 1.48. The number of amides is 4. The quantitative estimate of drug-likeness (QED) is 0.304. The van der Waals surface area contributed by atoms with E-state index in [0.717, 1.165) is 11.1 Å². The van der Waals surface area contributed by atoms with Gasteiger partial charge in [-0.3, -0.25) is 9.59 Å². The maximum absolute atomic E-state index is 14.1. The molecule has 2 atom stereocenters. The second kappa shape index (κ2) is 12.6. The number of benzene rings is 3. The molecule has 3 aliphatic rings. The number of alkyl halides is 6. The van der Waals surface area contributed by atoms with Crippen molar-refractivity contribution >= 4 is 17.8 Å². The molecule has 266 valence electrons. The van der Waals surface area contributed by atoms with E-state index in [1.807, 2.05) is 48.5 Å². The average Bonchev–Trinajstić information content (AvgIpc) is 3.54. The van der Waals surface area contributed by atoms with E-state index < -0.39 is 46.4 Å². The molecule has 0 unspecified atom stereocenters. The monoisotopic (exact) mass is 700 g/mol.